The number of likely N-dealkylation sites (N-methyl/N-ethyl adjacent to an activating group) is 3. The van der Waals surface area contributed by atoms with Crippen molar-refractivity contribution in [2.75, 3.05) is 41.5 Å². The minimum Gasteiger partial charge on any atom is -0.497 e. The maximum atomic E-state index is 14.1. The molecule has 0 aliphatic carbocycles. The molecule has 0 radical (unpaired) electrons. The maximum Gasteiger partial charge on any atom is 0.249 e. The summed E-state index contributed by atoms with van der Waals surface area (Å²) in [5.41, 5.74) is 9.82. The van der Waals surface area contributed by atoms with Crippen LogP contribution in [0.1, 0.15) is 24.5 Å². The predicted octanol–water partition coefficient (Wildman–Crippen LogP) is 3.30. The van der Waals surface area contributed by atoms with E-state index in [1.807, 2.05) is 85.8 Å². The van der Waals surface area contributed by atoms with Crippen LogP contribution in [0.3, 0.4) is 0 Å². The van der Waals surface area contributed by atoms with Crippen molar-refractivity contribution < 1.29 is 23.9 Å². The molecule has 0 aliphatic heterocycles. The smallest absolute Gasteiger partial charge is 0.249 e. The lowest BCUT2D eigenvalue weighted by atomic mass is 9.98. The lowest BCUT2D eigenvalue weighted by Crippen LogP contribution is -2.56. The van der Waals surface area contributed by atoms with Crippen molar-refractivity contribution in [3.8, 4) is 16.9 Å². The van der Waals surface area contributed by atoms with E-state index in [1.165, 1.54) is 9.80 Å². The van der Waals surface area contributed by atoms with Gasteiger partial charge in [-0.05, 0) is 40.8 Å². The molecule has 1 unspecified atom stereocenters. The third-order valence-corrected chi connectivity index (χ3v) is 7.67. The van der Waals surface area contributed by atoms with E-state index in [0.29, 0.717) is 12.2 Å². The summed E-state index contributed by atoms with van der Waals surface area (Å²) < 4.78 is 10.8. The average molecular weight is 589 g/mol. The number of methoxy groups -OCH3 is 1. The number of nitrogens with one attached hydrogen (secondary N) is 1. The lowest BCUT2D eigenvalue weighted by molar-refractivity contribution is -0.149. The Morgan fingerprint density at radius 3 is 1.93 bits per heavy atom. The van der Waals surface area contributed by atoms with Crippen LogP contribution in [0.4, 0.5) is 0 Å². The van der Waals surface area contributed by atoms with Gasteiger partial charge in [-0.2, -0.15) is 0 Å². The lowest BCUT2D eigenvalue weighted by Gasteiger charge is -2.34. The summed E-state index contributed by atoms with van der Waals surface area (Å²) in [7, 11) is 6.33. The Kier molecular flexibility index (Phi) is 12.7. The SMILES string of the molecule is CCC(N)COCC(=O)N(C)[C@H](Cc1ccc(-c2ccccc2)cc1)C(=O)N(C)[C@H](Cc1ccc(OC)cc1)C(=O)NC. The van der Waals surface area contributed by atoms with E-state index in [2.05, 4.69) is 5.32 Å². The number of carbonyl (C=O) groups is 3. The number of amides is 3. The Bertz CT molecular complexity index is 1310. The molecule has 3 amide bonds. The molecule has 3 rings (SSSR count). The van der Waals surface area contributed by atoms with E-state index in [1.54, 1.807) is 28.3 Å². The fourth-order valence-corrected chi connectivity index (χ4v) is 4.71. The van der Waals surface area contributed by atoms with Crippen molar-refractivity contribution >= 4 is 17.7 Å². The van der Waals surface area contributed by atoms with Crippen molar-refractivity contribution in [1.29, 1.82) is 0 Å². The molecule has 230 valence electrons. The van der Waals surface area contributed by atoms with Crippen LogP contribution >= 0.6 is 0 Å². The van der Waals surface area contributed by atoms with Gasteiger partial charge in [-0.1, -0.05) is 73.7 Å². The van der Waals surface area contributed by atoms with Gasteiger partial charge in [-0.3, -0.25) is 14.4 Å². The van der Waals surface area contributed by atoms with E-state index in [-0.39, 0.29) is 43.4 Å². The van der Waals surface area contributed by atoms with Crippen molar-refractivity contribution in [3.63, 3.8) is 0 Å². The van der Waals surface area contributed by atoms with Gasteiger partial charge in [0.1, 0.15) is 24.4 Å². The number of rotatable bonds is 15. The largest absolute Gasteiger partial charge is 0.497 e. The Morgan fingerprint density at radius 2 is 1.37 bits per heavy atom. The molecular formula is C34H44N4O5. The molecule has 0 saturated carbocycles. The minimum absolute atomic E-state index is 0.170. The number of ether oxygens (including phenoxy) is 2. The second-order valence-electron chi connectivity index (χ2n) is 10.6. The molecule has 3 aromatic carbocycles. The first-order valence-electron chi connectivity index (χ1n) is 14.5. The number of hydrogen-bond acceptors (Lipinski definition) is 6. The van der Waals surface area contributed by atoms with E-state index in [9.17, 15) is 14.4 Å². The van der Waals surface area contributed by atoms with Gasteiger partial charge in [0.15, 0.2) is 0 Å². The molecule has 0 bridgehead atoms. The van der Waals surface area contributed by atoms with Crippen LogP contribution < -0.4 is 15.8 Å². The second kappa shape index (κ2) is 16.4. The zero-order valence-corrected chi connectivity index (χ0v) is 25.8. The van der Waals surface area contributed by atoms with Crippen LogP contribution in [0, 0.1) is 0 Å². The summed E-state index contributed by atoms with van der Waals surface area (Å²) in [6.07, 6.45) is 1.28. The van der Waals surface area contributed by atoms with E-state index in [4.69, 9.17) is 15.2 Å². The van der Waals surface area contributed by atoms with E-state index in [0.717, 1.165) is 28.7 Å². The topological polar surface area (TPSA) is 114 Å². The molecule has 0 aromatic heterocycles. The predicted molar refractivity (Wildman–Crippen MR) is 169 cm³/mol. The summed E-state index contributed by atoms with van der Waals surface area (Å²) in [5, 5.41) is 2.68. The zero-order chi connectivity index (χ0) is 31.4. The van der Waals surface area contributed by atoms with Crippen LogP contribution in [-0.2, 0) is 32.0 Å². The molecule has 0 saturated heterocycles. The highest BCUT2D eigenvalue weighted by molar-refractivity contribution is 5.92. The third-order valence-electron chi connectivity index (χ3n) is 7.67. The minimum atomic E-state index is -0.869. The van der Waals surface area contributed by atoms with Crippen LogP contribution in [0.15, 0.2) is 78.9 Å². The summed E-state index contributed by atoms with van der Waals surface area (Å²) in [4.78, 5) is 43.2. The van der Waals surface area contributed by atoms with Gasteiger partial charge in [0.2, 0.25) is 17.7 Å². The highest BCUT2D eigenvalue weighted by Crippen LogP contribution is 2.22. The Balaban J connectivity index is 1.86. The molecule has 3 aromatic rings. The van der Waals surface area contributed by atoms with Crippen LogP contribution in [0.5, 0.6) is 5.75 Å². The van der Waals surface area contributed by atoms with E-state index < -0.39 is 12.1 Å². The monoisotopic (exact) mass is 588 g/mol. The molecular weight excluding hydrogens is 544 g/mol. The average Bonchev–Trinajstić information content (AvgIpc) is 3.05. The van der Waals surface area contributed by atoms with E-state index >= 15 is 0 Å². The summed E-state index contributed by atoms with van der Waals surface area (Å²) in [5.74, 6) is -0.299. The van der Waals surface area contributed by atoms with Crippen molar-refractivity contribution in [3.05, 3.63) is 90.0 Å². The molecule has 0 aliphatic rings. The molecule has 9 nitrogen and oxygen atoms in total. The number of nitrogens with two attached hydrogens (primary N) is 1. The highest BCUT2D eigenvalue weighted by Gasteiger charge is 2.35. The second-order valence-corrected chi connectivity index (χ2v) is 10.6. The Hall–Kier alpha value is -4.21. The van der Waals surface area contributed by atoms with Crippen LogP contribution in [0.25, 0.3) is 11.1 Å². The van der Waals surface area contributed by atoms with Crippen LogP contribution in [0.2, 0.25) is 0 Å². The maximum absolute atomic E-state index is 14.1. The zero-order valence-electron chi connectivity index (χ0n) is 25.8. The highest BCUT2D eigenvalue weighted by atomic mass is 16.5. The van der Waals surface area contributed by atoms with Gasteiger partial charge < -0.3 is 30.3 Å². The first kappa shape index (κ1) is 33.3. The van der Waals surface area contributed by atoms with Gasteiger partial charge in [0.05, 0.1) is 13.7 Å². The third kappa shape index (κ3) is 9.39. The summed E-state index contributed by atoms with van der Waals surface area (Å²) >= 11 is 0. The quantitative estimate of drug-likeness (QED) is 0.282. The van der Waals surface area contributed by atoms with Gasteiger partial charge in [-0.25, -0.2) is 0 Å². The Labute approximate surface area is 255 Å². The number of hydrogen-bond donors (Lipinski definition) is 2. The van der Waals surface area contributed by atoms with Gasteiger partial charge in [0.25, 0.3) is 0 Å². The molecule has 3 atom stereocenters. The van der Waals surface area contributed by atoms with Crippen molar-refractivity contribution in [2.45, 2.75) is 44.3 Å². The number of carbonyl (C=O) groups excluding carboxylic acids is 3. The van der Waals surface area contributed by atoms with Crippen molar-refractivity contribution in [2.24, 2.45) is 5.73 Å². The first-order valence-corrected chi connectivity index (χ1v) is 14.5. The Morgan fingerprint density at radius 1 is 0.814 bits per heavy atom. The van der Waals surface area contributed by atoms with Crippen LogP contribution in [-0.4, -0.2) is 87.1 Å². The standard InChI is InChI=1S/C34H44N4O5/c1-6-28(35)22-43-23-32(39)37(3)31(21-24-12-16-27(17-13-24)26-10-8-7-9-11-26)34(41)38(4)30(33(40)36-2)20-25-14-18-29(42-5)19-15-25/h7-19,28,30-31H,6,20-23,35H2,1-5H3,(H,36,40)/t28?,30-,31-/m1/s1. The number of benzene rings is 3. The molecule has 0 heterocycles. The van der Waals surface area contributed by atoms with Gasteiger partial charge in [0, 0.05) is 40.0 Å². The normalized spacial score (nSPS) is 13.0. The molecule has 43 heavy (non-hydrogen) atoms. The molecule has 0 spiro atoms. The first-order chi connectivity index (χ1) is 20.7. The fraction of sp³-hybridized carbons (Fsp3) is 0.382. The number of nitrogens with zero attached hydrogens (tertiary/aromatic N) is 2. The molecule has 9 heteroatoms. The van der Waals surface area contributed by atoms with Crippen molar-refractivity contribution in [1.82, 2.24) is 15.1 Å². The summed E-state index contributed by atoms with van der Waals surface area (Å²) in [6.45, 7) is 2.00. The van der Waals surface area contributed by atoms with Gasteiger partial charge in [-0.15, -0.1) is 0 Å². The molecule has 0 fully saturated rings. The molecule has 3 N–H and O–H groups in total. The fourth-order valence-electron chi connectivity index (χ4n) is 4.71. The van der Waals surface area contributed by atoms with Gasteiger partial charge >= 0.3 is 0 Å². The summed E-state index contributed by atoms with van der Waals surface area (Å²) in [6, 6.07) is 23.5.